The largest absolute Gasteiger partial charge is 0.347 e. The van der Waals surface area contributed by atoms with Gasteiger partial charge in [0.1, 0.15) is 0 Å². The zero-order valence-electron chi connectivity index (χ0n) is 8.64. The van der Waals surface area contributed by atoms with Crippen LogP contribution in [-0.4, -0.2) is 24.4 Å². The van der Waals surface area contributed by atoms with E-state index in [2.05, 4.69) is 0 Å². The number of alkyl halides is 1. The van der Waals surface area contributed by atoms with Gasteiger partial charge in [-0.2, -0.15) is 0 Å². The fourth-order valence-corrected chi connectivity index (χ4v) is 2.55. The average Bonchev–Trinajstić information content (AvgIpc) is 2.57. The Balaban J connectivity index is 1.92. The van der Waals surface area contributed by atoms with Crippen LogP contribution in [-0.2, 0) is 9.47 Å². The SMILES string of the molecule is ClCC1COC2(CCCCCCC2)O1. The first kappa shape index (κ1) is 10.7. The molecule has 82 valence electrons. The molecule has 2 fully saturated rings. The predicted octanol–water partition coefficient (Wildman–Crippen LogP) is 3.08. The normalized spacial score (nSPS) is 32.8. The number of ether oxygens (including phenoxy) is 2. The van der Waals surface area contributed by atoms with E-state index in [0.717, 1.165) is 12.8 Å². The summed E-state index contributed by atoms with van der Waals surface area (Å²) in [6.07, 6.45) is 8.70. The molecule has 0 aromatic heterocycles. The lowest BCUT2D eigenvalue weighted by Crippen LogP contribution is -2.32. The Hall–Kier alpha value is 0.210. The summed E-state index contributed by atoms with van der Waals surface area (Å²) in [6.45, 7) is 0.684. The maximum Gasteiger partial charge on any atom is 0.168 e. The Morgan fingerprint density at radius 1 is 1.07 bits per heavy atom. The Morgan fingerprint density at radius 3 is 2.29 bits per heavy atom. The van der Waals surface area contributed by atoms with E-state index >= 15 is 0 Å². The summed E-state index contributed by atoms with van der Waals surface area (Å²) in [5.74, 6) is 0.293. The first-order valence-corrected chi connectivity index (χ1v) is 6.26. The molecule has 0 bridgehead atoms. The molecule has 0 aromatic carbocycles. The maximum atomic E-state index is 5.92. The highest BCUT2D eigenvalue weighted by atomic mass is 35.5. The molecule has 2 rings (SSSR count). The van der Waals surface area contributed by atoms with Gasteiger partial charge in [0, 0.05) is 12.8 Å². The van der Waals surface area contributed by atoms with Crippen molar-refractivity contribution in [3.63, 3.8) is 0 Å². The van der Waals surface area contributed by atoms with Crippen molar-refractivity contribution in [2.45, 2.75) is 56.8 Å². The van der Waals surface area contributed by atoms with E-state index in [-0.39, 0.29) is 11.9 Å². The molecule has 2 aliphatic rings. The van der Waals surface area contributed by atoms with Gasteiger partial charge in [0.15, 0.2) is 5.79 Å². The molecule has 0 aromatic rings. The van der Waals surface area contributed by atoms with E-state index in [1.165, 1.54) is 32.1 Å². The molecule has 1 saturated heterocycles. The Bertz CT molecular complexity index is 176. The van der Waals surface area contributed by atoms with Crippen LogP contribution in [0.5, 0.6) is 0 Å². The minimum atomic E-state index is -0.264. The number of hydrogen-bond acceptors (Lipinski definition) is 2. The molecule has 2 nitrogen and oxygen atoms in total. The lowest BCUT2D eigenvalue weighted by Gasteiger charge is -2.29. The van der Waals surface area contributed by atoms with Gasteiger partial charge in [-0.15, -0.1) is 11.6 Å². The maximum absolute atomic E-state index is 5.92. The third-order valence-corrected chi connectivity index (χ3v) is 3.55. The van der Waals surface area contributed by atoms with E-state index in [1.807, 2.05) is 0 Å². The van der Waals surface area contributed by atoms with Gasteiger partial charge in [-0.05, 0) is 12.8 Å². The van der Waals surface area contributed by atoms with Gasteiger partial charge in [-0.1, -0.05) is 19.3 Å². The summed E-state index contributed by atoms with van der Waals surface area (Å²) in [5, 5.41) is 0. The Labute approximate surface area is 90.9 Å². The molecule has 1 heterocycles. The zero-order chi connectivity index (χ0) is 9.86. The second-order valence-electron chi connectivity index (χ2n) is 4.38. The first-order valence-electron chi connectivity index (χ1n) is 5.72. The van der Waals surface area contributed by atoms with E-state index in [9.17, 15) is 0 Å². The van der Waals surface area contributed by atoms with Gasteiger partial charge >= 0.3 is 0 Å². The van der Waals surface area contributed by atoms with Gasteiger partial charge in [0.2, 0.25) is 0 Å². The highest BCUT2D eigenvalue weighted by Gasteiger charge is 2.40. The lowest BCUT2D eigenvalue weighted by atomic mass is 9.96. The van der Waals surface area contributed by atoms with Crippen LogP contribution in [0.25, 0.3) is 0 Å². The standard InChI is InChI=1S/C11H19ClO2/c12-8-10-9-13-11(14-10)6-4-2-1-3-5-7-11/h10H,1-9H2. The molecule has 0 radical (unpaired) electrons. The summed E-state index contributed by atoms with van der Waals surface area (Å²) >= 11 is 5.78. The van der Waals surface area contributed by atoms with E-state index in [1.54, 1.807) is 0 Å². The van der Waals surface area contributed by atoms with Crippen molar-refractivity contribution in [2.75, 3.05) is 12.5 Å². The number of halogens is 1. The molecule has 1 unspecified atom stereocenters. The van der Waals surface area contributed by atoms with Crippen LogP contribution in [0.15, 0.2) is 0 Å². The van der Waals surface area contributed by atoms with E-state index < -0.39 is 0 Å². The molecule has 1 aliphatic heterocycles. The van der Waals surface area contributed by atoms with E-state index in [0.29, 0.717) is 12.5 Å². The number of hydrogen-bond donors (Lipinski definition) is 0. The molecule has 3 heteroatoms. The van der Waals surface area contributed by atoms with Crippen LogP contribution in [0.1, 0.15) is 44.9 Å². The monoisotopic (exact) mass is 218 g/mol. The summed E-state index contributed by atoms with van der Waals surface area (Å²) < 4.78 is 11.7. The highest BCUT2D eigenvalue weighted by molar-refractivity contribution is 6.18. The topological polar surface area (TPSA) is 18.5 Å². The second-order valence-corrected chi connectivity index (χ2v) is 4.69. The Morgan fingerprint density at radius 2 is 1.71 bits per heavy atom. The van der Waals surface area contributed by atoms with Crippen LogP contribution >= 0.6 is 11.6 Å². The van der Waals surface area contributed by atoms with Crippen molar-refractivity contribution in [3.8, 4) is 0 Å². The summed E-state index contributed by atoms with van der Waals surface area (Å²) in [4.78, 5) is 0. The lowest BCUT2D eigenvalue weighted by molar-refractivity contribution is -0.179. The van der Waals surface area contributed by atoms with Crippen LogP contribution < -0.4 is 0 Å². The van der Waals surface area contributed by atoms with Crippen molar-refractivity contribution in [1.82, 2.24) is 0 Å². The second kappa shape index (κ2) is 4.82. The zero-order valence-corrected chi connectivity index (χ0v) is 9.39. The van der Waals surface area contributed by atoms with Gasteiger partial charge in [-0.3, -0.25) is 0 Å². The van der Waals surface area contributed by atoms with Gasteiger partial charge in [-0.25, -0.2) is 0 Å². The van der Waals surface area contributed by atoms with Crippen molar-refractivity contribution in [2.24, 2.45) is 0 Å². The fraction of sp³-hybridized carbons (Fsp3) is 1.00. The van der Waals surface area contributed by atoms with Gasteiger partial charge in [0.25, 0.3) is 0 Å². The van der Waals surface area contributed by atoms with Gasteiger partial charge < -0.3 is 9.47 Å². The molecular weight excluding hydrogens is 200 g/mol. The van der Waals surface area contributed by atoms with Crippen LogP contribution in [0.4, 0.5) is 0 Å². The molecule has 1 atom stereocenters. The molecule has 1 aliphatic carbocycles. The van der Waals surface area contributed by atoms with Crippen LogP contribution in [0, 0.1) is 0 Å². The summed E-state index contributed by atoms with van der Waals surface area (Å²) in [5.41, 5.74) is 0. The first-order chi connectivity index (χ1) is 6.85. The molecule has 1 saturated carbocycles. The van der Waals surface area contributed by atoms with Crippen LogP contribution in [0.2, 0.25) is 0 Å². The van der Waals surface area contributed by atoms with Crippen LogP contribution in [0.3, 0.4) is 0 Å². The molecule has 0 N–H and O–H groups in total. The average molecular weight is 219 g/mol. The predicted molar refractivity (Wildman–Crippen MR) is 56.6 cm³/mol. The number of rotatable bonds is 1. The minimum Gasteiger partial charge on any atom is -0.347 e. The van der Waals surface area contributed by atoms with E-state index in [4.69, 9.17) is 21.1 Å². The molecule has 14 heavy (non-hydrogen) atoms. The quantitative estimate of drug-likeness (QED) is 0.630. The summed E-state index contributed by atoms with van der Waals surface area (Å²) in [7, 11) is 0. The third kappa shape index (κ3) is 2.41. The van der Waals surface area contributed by atoms with Crippen molar-refractivity contribution in [3.05, 3.63) is 0 Å². The van der Waals surface area contributed by atoms with Crippen molar-refractivity contribution < 1.29 is 9.47 Å². The van der Waals surface area contributed by atoms with Crippen molar-refractivity contribution >= 4 is 11.6 Å². The molecule has 0 amide bonds. The highest BCUT2D eigenvalue weighted by Crippen LogP contribution is 2.36. The minimum absolute atomic E-state index is 0.121. The Kier molecular flexibility index (Phi) is 3.69. The molecular formula is C11H19ClO2. The fourth-order valence-electron chi connectivity index (χ4n) is 2.40. The molecule has 1 spiro atoms. The smallest absolute Gasteiger partial charge is 0.168 e. The van der Waals surface area contributed by atoms with Crippen molar-refractivity contribution in [1.29, 1.82) is 0 Å². The summed E-state index contributed by atoms with van der Waals surface area (Å²) in [6, 6.07) is 0. The third-order valence-electron chi connectivity index (χ3n) is 3.20. The van der Waals surface area contributed by atoms with Gasteiger partial charge in [0.05, 0.1) is 18.6 Å².